The smallest absolute Gasteiger partial charge is 0.171 e. The average Bonchev–Trinajstić information content (AvgIpc) is 2.45. The third kappa shape index (κ3) is 4.12. The average molecular weight is 327 g/mol. The predicted molar refractivity (Wildman–Crippen MR) is 85.6 cm³/mol. The number of rotatable bonds is 3. The largest absolute Gasteiger partial charge is 0.358 e. The van der Waals surface area contributed by atoms with Crippen LogP contribution in [0.15, 0.2) is 36.4 Å². The summed E-state index contributed by atoms with van der Waals surface area (Å²) in [5.41, 5.74) is 1.84. The molecular formula is C15H13ClF2N2S. The molecule has 21 heavy (non-hydrogen) atoms. The third-order valence-corrected chi connectivity index (χ3v) is 3.62. The van der Waals surface area contributed by atoms with Gasteiger partial charge < -0.3 is 10.6 Å². The van der Waals surface area contributed by atoms with Crippen LogP contribution in [0.1, 0.15) is 11.1 Å². The first-order valence-corrected chi connectivity index (χ1v) is 7.00. The topological polar surface area (TPSA) is 24.1 Å². The van der Waals surface area contributed by atoms with E-state index in [1.165, 1.54) is 0 Å². The molecule has 2 nitrogen and oxygen atoms in total. The van der Waals surface area contributed by atoms with Crippen molar-refractivity contribution in [3.63, 3.8) is 0 Å². The predicted octanol–water partition coefficient (Wildman–Crippen LogP) is 4.41. The number of hydrogen-bond acceptors (Lipinski definition) is 1. The van der Waals surface area contributed by atoms with Crippen LogP contribution in [-0.2, 0) is 6.54 Å². The number of hydrogen-bond donors (Lipinski definition) is 2. The van der Waals surface area contributed by atoms with Gasteiger partial charge in [0.2, 0.25) is 0 Å². The summed E-state index contributed by atoms with van der Waals surface area (Å²) < 4.78 is 26.5. The standard InChI is InChI=1S/C15H13ClF2N2S/c1-9-12(16)3-2-4-14(9)20-15(21)19-8-10-7-11(17)5-6-13(10)18/h2-7H,8H2,1H3,(H2,19,20,21). The summed E-state index contributed by atoms with van der Waals surface area (Å²) in [6.45, 7) is 1.95. The first kappa shape index (κ1) is 15.7. The van der Waals surface area contributed by atoms with E-state index in [1.54, 1.807) is 12.1 Å². The van der Waals surface area contributed by atoms with Crippen molar-refractivity contribution < 1.29 is 8.78 Å². The number of thiocarbonyl (C=S) groups is 1. The van der Waals surface area contributed by atoms with Crippen LogP contribution in [0.4, 0.5) is 14.5 Å². The highest BCUT2D eigenvalue weighted by Gasteiger charge is 2.06. The Kier molecular flexibility index (Phi) is 5.09. The van der Waals surface area contributed by atoms with Gasteiger partial charge in [-0.25, -0.2) is 8.78 Å². The Morgan fingerprint density at radius 2 is 2.00 bits per heavy atom. The minimum atomic E-state index is -0.488. The lowest BCUT2D eigenvalue weighted by atomic mass is 10.2. The van der Waals surface area contributed by atoms with Crippen LogP contribution >= 0.6 is 23.8 Å². The molecule has 0 bridgehead atoms. The third-order valence-electron chi connectivity index (χ3n) is 2.96. The molecule has 6 heteroatoms. The molecule has 0 aromatic heterocycles. The number of benzene rings is 2. The molecule has 110 valence electrons. The minimum absolute atomic E-state index is 0.0923. The molecule has 0 heterocycles. The van der Waals surface area contributed by atoms with Gasteiger partial charge >= 0.3 is 0 Å². The van der Waals surface area contributed by atoms with E-state index in [-0.39, 0.29) is 12.1 Å². The summed E-state index contributed by atoms with van der Waals surface area (Å²) in [7, 11) is 0. The van der Waals surface area contributed by atoms with Crippen LogP contribution in [0, 0.1) is 18.6 Å². The van der Waals surface area contributed by atoms with Gasteiger partial charge in [-0.15, -0.1) is 0 Å². The van der Waals surface area contributed by atoms with Crippen molar-refractivity contribution in [1.29, 1.82) is 0 Å². The molecule has 0 atom stereocenters. The summed E-state index contributed by atoms with van der Waals surface area (Å²) in [5.74, 6) is -0.969. The Bertz CT molecular complexity index is 677. The van der Waals surface area contributed by atoms with Crippen LogP contribution in [0.5, 0.6) is 0 Å². The van der Waals surface area contributed by atoms with Gasteiger partial charge in [0.15, 0.2) is 5.11 Å². The normalized spacial score (nSPS) is 10.3. The SMILES string of the molecule is Cc1c(Cl)cccc1NC(=S)NCc1cc(F)ccc1F. The zero-order chi connectivity index (χ0) is 15.4. The molecule has 0 saturated heterocycles. The quantitative estimate of drug-likeness (QED) is 0.817. The second kappa shape index (κ2) is 6.83. The summed E-state index contributed by atoms with van der Waals surface area (Å²) in [6.07, 6.45) is 0. The fraction of sp³-hybridized carbons (Fsp3) is 0.133. The maximum absolute atomic E-state index is 13.5. The van der Waals surface area contributed by atoms with Crippen molar-refractivity contribution in [3.05, 3.63) is 64.2 Å². The Morgan fingerprint density at radius 3 is 2.76 bits per heavy atom. The molecule has 2 rings (SSSR count). The lowest BCUT2D eigenvalue weighted by Crippen LogP contribution is -2.28. The van der Waals surface area contributed by atoms with Crippen LogP contribution in [-0.4, -0.2) is 5.11 Å². The molecule has 0 radical (unpaired) electrons. The summed E-state index contributed by atoms with van der Waals surface area (Å²) in [6, 6.07) is 8.70. The van der Waals surface area contributed by atoms with Gasteiger partial charge in [-0.3, -0.25) is 0 Å². The number of nitrogens with one attached hydrogen (secondary N) is 2. The summed E-state index contributed by atoms with van der Waals surface area (Å²) in [4.78, 5) is 0. The molecule has 2 aromatic rings. The van der Waals surface area contributed by atoms with E-state index < -0.39 is 11.6 Å². The van der Waals surface area contributed by atoms with E-state index in [9.17, 15) is 8.78 Å². The lowest BCUT2D eigenvalue weighted by molar-refractivity contribution is 0.582. The van der Waals surface area contributed by atoms with Gasteiger partial charge in [0.05, 0.1) is 0 Å². The molecule has 2 aromatic carbocycles. The summed E-state index contributed by atoms with van der Waals surface area (Å²) >= 11 is 11.1. The van der Waals surface area contributed by atoms with Gasteiger partial charge in [-0.2, -0.15) is 0 Å². The maximum Gasteiger partial charge on any atom is 0.171 e. The van der Waals surface area contributed by atoms with Crippen LogP contribution in [0.25, 0.3) is 0 Å². The van der Waals surface area contributed by atoms with E-state index in [4.69, 9.17) is 23.8 Å². The van der Waals surface area contributed by atoms with Crippen molar-refractivity contribution in [1.82, 2.24) is 5.32 Å². The molecule has 0 amide bonds. The van der Waals surface area contributed by atoms with Crippen LogP contribution in [0.2, 0.25) is 5.02 Å². The fourth-order valence-corrected chi connectivity index (χ4v) is 2.12. The molecule has 0 spiro atoms. The van der Waals surface area contributed by atoms with Gasteiger partial charge in [-0.05, 0) is 55.0 Å². The first-order chi connectivity index (χ1) is 9.97. The van der Waals surface area contributed by atoms with Gasteiger partial charge in [0.1, 0.15) is 11.6 Å². The Balaban J connectivity index is 1.99. The van der Waals surface area contributed by atoms with Gasteiger partial charge in [-0.1, -0.05) is 17.7 Å². The van der Waals surface area contributed by atoms with E-state index in [0.29, 0.717) is 10.1 Å². The fourth-order valence-electron chi connectivity index (χ4n) is 1.76. The van der Waals surface area contributed by atoms with E-state index >= 15 is 0 Å². The Morgan fingerprint density at radius 1 is 1.24 bits per heavy atom. The Labute approximate surface area is 132 Å². The highest BCUT2D eigenvalue weighted by Crippen LogP contribution is 2.22. The first-order valence-electron chi connectivity index (χ1n) is 6.21. The minimum Gasteiger partial charge on any atom is -0.358 e. The van der Waals surface area contributed by atoms with Gasteiger partial charge in [0, 0.05) is 22.8 Å². The van der Waals surface area contributed by atoms with E-state index in [0.717, 1.165) is 29.4 Å². The summed E-state index contributed by atoms with van der Waals surface area (Å²) in [5, 5.41) is 6.74. The van der Waals surface area contributed by atoms with E-state index in [2.05, 4.69) is 10.6 Å². The molecule has 0 aliphatic heterocycles. The maximum atomic E-state index is 13.5. The van der Waals surface area contributed by atoms with Crippen LogP contribution < -0.4 is 10.6 Å². The highest BCUT2D eigenvalue weighted by molar-refractivity contribution is 7.80. The second-order valence-electron chi connectivity index (χ2n) is 4.46. The molecule has 0 saturated carbocycles. The zero-order valence-corrected chi connectivity index (χ0v) is 12.8. The molecule has 0 fully saturated rings. The molecule has 0 unspecified atom stereocenters. The molecule has 0 aliphatic carbocycles. The van der Waals surface area contributed by atoms with Crippen molar-refractivity contribution >= 4 is 34.6 Å². The molecule has 0 aliphatic rings. The van der Waals surface area contributed by atoms with Crippen molar-refractivity contribution in [2.75, 3.05) is 5.32 Å². The van der Waals surface area contributed by atoms with Crippen molar-refractivity contribution in [2.24, 2.45) is 0 Å². The zero-order valence-electron chi connectivity index (χ0n) is 11.2. The second-order valence-corrected chi connectivity index (χ2v) is 5.27. The monoisotopic (exact) mass is 326 g/mol. The molecule has 2 N–H and O–H groups in total. The lowest BCUT2D eigenvalue weighted by Gasteiger charge is -2.13. The number of halogens is 3. The Hall–Kier alpha value is -1.72. The highest BCUT2D eigenvalue weighted by atomic mass is 35.5. The van der Waals surface area contributed by atoms with E-state index in [1.807, 2.05) is 13.0 Å². The number of anilines is 1. The van der Waals surface area contributed by atoms with Crippen LogP contribution in [0.3, 0.4) is 0 Å². The molecular weight excluding hydrogens is 314 g/mol. The van der Waals surface area contributed by atoms with Crippen molar-refractivity contribution in [2.45, 2.75) is 13.5 Å². The van der Waals surface area contributed by atoms with Gasteiger partial charge in [0.25, 0.3) is 0 Å². The van der Waals surface area contributed by atoms with Crippen molar-refractivity contribution in [3.8, 4) is 0 Å².